The predicted octanol–water partition coefficient (Wildman–Crippen LogP) is 4.01. The zero-order valence-electron chi connectivity index (χ0n) is 18.7. The van der Waals surface area contributed by atoms with Crippen molar-refractivity contribution in [2.24, 2.45) is 0 Å². The summed E-state index contributed by atoms with van der Waals surface area (Å²) >= 11 is 1.57. The first-order chi connectivity index (χ1) is 15.7. The summed E-state index contributed by atoms with van der Waals surface area (Å²) in [5, 5.41) is 4.99. The smallest absolute Gasteiger partial charge is 0.239 e. The molecule has 4 rings (SSSR count). The maximum atomic E-state index is 12.8. The first-order valence-electron chi connectivity index (χ1n) is 11.3. The van der Waals surface area contributed by atoms with Crippen LogP contribution in [0.25, 0.3) is 22.1 Å². The Hall–Kier alpha value is -2.68. The highest BCUT2D eigenvalue weighted by atomic mass is 32.1. The molecular formula is C24H30N6OS. The monoisotopic (exact) mass is 450 g/mol. The molecule has 1 aliphatic heterocycles. The summed E-state index contributed by atoms with van der Waals surface area (Å²) in [6.45, 7) is 8.86. The number of likely N-dealkylation sites (tertiary alicyclic amines) is 1. The Labute approximate surface area is 193 Å². The predicted molar refractivity (Wildman–Crippen MR) is 130 cm³/mol. The minimum Gasteiger partial charge on any atom is -0.309 e. The van der Waals surface area contributed by atoms with Crippen molar-refractivity contribution >= 4 is 23.1 Å². The Kier molecular flexibility index (Phi) is 7.57. The number of carbonyl (C=O) groups excluding carboxylic acids is 1. The Bertz CT molecular complexity index is 999. The van der Waals surface area contributed by atoms with Gasteiger partial charge in [0.1, 0.15) is 5.82 Å². The minimum absolute atomic E-state index is 0.0471. The third kappa shape index (κ3) is 5.56. The Morgan fingerprint density at radius 1 is 1.12 bits per heavy atom. The topological polar surface area (TPSA) is 74.2 Å². The molecule has 8 heteroatoms. The molecule has 0 atom stereocenters. The molecule has 0 spiro atoms. The lowest BCUT2D eigenvalue weighted by molar-refractivity contribution is -0.117. The highest BCUT2D eigenvalue weighted by molar-refractivity contribution is 7.13. The van der Waals surface area contributed by atoms with Crippen molar-refractivity contribution < 1.29 is 4.79 Å². The van der Waals surface area contributed by atoms with E-state index in [-0.39, 0.29) is 5.91 Å². The van der Waals surface area contributed by atoms with Gasteiger partial charge in [-0.1, -0.05) is 26.0 Å². The van der Waals surface area contributed by atoms with Crippen molar-refractivity contribution in [1.29, 1.82) is 0 Å². The van der Waals surface area contributed by atoms with Crippen LogP contribution in [0.15, 0.2) is 48.0 Å². The number of thiophene rings is 1. The maximum absolute atomic E-state index is 12.8. The molecule has 4 heterocycles. The molecule has 32 heavy (non-hydrogen) atoms. The third-order valence-electron chi connectivity index (χ3n) is 5.92. The number of nitrogens with one attached hydrogen (secondary N) is 1. The quantitative estimate of drug-likeness (QED) is 0.559. The maximum Gasteiger partial charge on any atom is 0.239 e. The average molecular weight is 451 g/mol. The molecule has 1 amide bonds. The second-order valence-corrected chi connectivity index (χ2v) is 8.88. The van der Waals surface area contributed by atoms with Gasteiger partial charge in [0.05, 0.1) is 22.8 Å². The van der Waals surface area contributed by atoms with Crippen molar-refractivity contribution in [3.05, 3.63) is 48.0 Å². The summed E-state index contributed by atoms with van der Waals surface area (Å²) in [4.78, 5) is 32.2. The van der Waals surface area contributed by atoms with Gasteiger partial charge in [-0.25, -0.2) is 9.97 Å². The second-order valence-electron chi connectivity index (χ2n) is 7.93. The fraction of sp³-hybridized carbons (Fsp3) is 0.417. The average Bonchev–Trinajstić information content (AvgIpc) is 3.36. The number of amides is 1. The SMILES string of the molecule is CCN(CC)C1CCN(CC(=O)Nc2cc(-c3ccccn3)nc(-c3cccs3)n2)CC1. The summed E-state index contributed by atoms with van der Waals surface area (Å²) in [6, 6.07) is 12.1. The molecule has 1 aliphatic rings. The van der Waals surface area contributed by atoms with Gasteiger partial charge in [-0.05, 0) is 49.5 Å². The number of hydrogen-bond donors (Lipinski definition) is 1. The molecule has 1 fully saturated rings. The fourth-order valence-corrected chi connectivity index (χ4v) is 4.90. The van der Waals surface area contributed by atoms with Crippen LogP contribution >= 0.6 is 11.3 Å². The molecule has 0 bridgehead atoms. The first-order valence-corrected chi connectivity index (χ1v) is 12.1. The summed E-state index contributed by atoms with van der Waals surface area (Å²) < 4.78 is 0. The van der Waals surface area contributed by atoms with E-state index in [1.165, 1.54) is 0 Å². The van der Waals surface area contributed by atoms with E-state index in [1.54, 1.807) is 23.6 Å². The lowest BCUT2D eigenvalue weighted by Gasteiger charge is -2.37. The standard InChI is InChI=1S/C24H30N6OS/c1-3-30(4-2)18-10-13-29(14-11-18)17-23(31)27-22-16-20(19-8-5-6-12-25-19)26-24(28-22)21-9-7-15-32-21/h5-9,12,15-16,18H,3-4,10-11,13-14,17H2,1-2H3,(H,26,27,28,31). The van der Waals surface area contributed by atoms with E-state index in [1.807, 2.05) is 35.7 Å². The van der Waals surface area contributed by atoms with Crippen LogP contribution in [0.3, 0.4) is 0 Å². The normalized spacial score (nSPS) is 15.2. The highest BCUT2D eigenvalue weighted by Gasteiger charge is 2.24. The van der Waals surface area contributed by atoms with Gasteiger partial charge in [0.15, 0.2) is 5.82 Å². The number of aromatic nitrogens is 3. The van der Waals surface area contributed by atoms with Crippen molar-refractivity contribution in [2.45, 2.75) is 32.7 Å². The lowest BCUT2D eigenvalue weighted by atomic mass is 10.0. The van der Waals surface area contributed by atoms with E-state index in [0.717, 1.165) is 49.6 Å². The van der Waals surface area contributed by atoms with Crippen LogP contribution in [0.1, 0.15) is 26.7 Å². The molecule has 1 N–H and O–H groups in total. The van der Waals surface area contributed by atoms with Crippen molar-refractivity contribution in [1.82, 2.24) is 24.8 Å². The molecule has 0 radical (unpaired) electrons. The molecule has 3 aromatic rings. The van der Waals surface area contributed by atoms with Gasteiger partial charge in [-0.3, -0.25) is 14.7 Å². The van der Waals surface area contributed by atoms with Gasteiger partial charge < -0.3 is 10.2 Å². The summed E-state index contributed by atoms with van der Waals surface area (Å²) in [6.07, 6.45) is 3.95. The van der Waals surface area contributed by atoms with Crippen LogP contribution in [0.5, 0.6) is 0 Å². The molecule has 7 nitrogen and oxygen atoms in total. The Morgan fingerprint density at radius 3 is 2.59 bits per heavy atom. The van der Waals surface area contributed by atoms with Gasteiger partial charge in [0.25, 0.3) is 0 Å². The van der Waals surface area contributed by atoms with Crippen LogP contribution in [-0.4, -0.2) is 69.4 Å². The van der Waals surface area contributed by atoms with E-state index in [2.05, 4.69) is 43.9 Å². The molecule has 0 unspecified atom stereocenters. The molecular weight excluding hydrogens is 420 g/mol. The second kappa shape index (κ2) is 10.8. The van der Waals surface area contributed by atoms with E-state index in [9.17, 15) is 4.79 Å². The van der Waals surface area contributed by atoms with Crippen LogP contribution in [-0.2, 0) is 4.79 Å². The first kappa shape index (κ1) is 22.5. The molecule has 0 aliphatic carbocycles. The van der Waals surface area contributed by atoms with Crippen LogP contribution in [0.2, 0.25) is 0 Å². The largest absolute Gasteiger partial charge is 0.309 e. The van der Waals surface area contributed by atoms with Gasteiger partial charge in [-0.15, -0.1) is 11.3 Å². The molecule has 3 aromatic heterocycles. The third-order valence-corrected chi connectivity index (χ3v) is 6.78. The minimum atomic E-state index is -0.0471. The number of rotatable bonds is 8. The van der Waals surface area contributed by atoms with Gasteiger partial charge in [0.2, 0.25) is 5.91 Å². The van der Waals surface area contributed by atoms with E-state index in [0.29, 0.717) is 29.9 Å². The number of anilines is 1. The van der Waals surface area contributed by atoms with Gasteiger partial charge in [0, 0.05) is 31.4 Å². The van der Waals surface area contributed by atoms with Crippen LogP contribution in [0.4, 0.5) is 5.82 Å². The highest BCUT2D eigenvalue weighted by Crippen LogP contribution is 2.26. The fourth-order valence-electron chi connectivity index (χ4n) is 4.24. The molecule has 0 saturated carbocycles. The van der Waals surface area contributed by atoms with E-state index >= 15 is 0 Å². The molecule has 168 valence electrons. The Morgan fingerprint density at radius 2 is 1.94 bits per heavy atom. The number of hydrogen-bond acceptors (Lipinski definition) is 7. The summed E-state index contributed by atoms with van der Waals surface area (Å²) in [5.74, 6) is 1.06. The van der Waals surface area contributed by atoms with Crippen molar-refractivity contribution in [3.63, 3.8) is 0 Å². The van der Waals surface area contributed by atoms with Crippen molar-refractivity contribution in [3.8, 4) is 22.1 Å². The van der Waals surface area contributed by atoms with Crippen LogP contribution in [0, 0.1) is 0 Å². The van der Waals surface area contributed by atoms with E-state index in [4.69, 9.17) is 0 Å². The van der Waals surface area contributed by atoms with E-state index < -0.39 is 0 Å². The van der Waals surface area contributed by atoms with Gasteiger partial charge in [-0.2, -0.15) is 0 Å². The Balaban J connectivity index is 1.44. The zero-order valence-corrected chi connectivity index (χ0v) is 19.5. The number of carbonyl (C=O) groups is 1. The number of pyridine rings is 1. The van der Waals surface area contributed by atoms with Crippen LogP contribution < -0.4 is 5.32 Å². The lowest BCUT2D eigenvalue weighted by Crippen LogP contribution is -2.46. The molecule has 0 aromatic carbocycles. The number of piperidine rings is 1. The van der Waals surface area contributed by atoms with Gasteiger partial charge >= 0.3 is 0 Å². The van der Waals surface area contributed by atoms with Crippen molar-refractivity contribution in [2.75, 3.05) is 38.0 Å². The molecule has 1 saturated heterocycles. The summed E-state index contributed by atoms with van der Waals surface area (Å²) in [7, 11) is 0. The summed E-state index contributed by atoms with van der Waals surface area (Å²) in [5.41, 5.74) is 1.45. The number of nitrogens with zero attached hydrogens (tertiary/aromatic N) is 5. The zero-order chi connectivity index (χ0) is 22.3.